The molecule has 1 aliphatic rings. The monoisotopic (exact) mass is 257 g/mol. The first-order valence-corrected chi connectivity index (χ1v) is 6.00. The molecule has 0 spiro atoms. The van der Waals surface area contributed by atoms with E-state index in [1.165, 1.54) is 9.80 Å². The molecule has 0 aromatic carbocycles. The Morgan fingerprint density at radius 2 is 2.11 bits per heavy atom. The molecule has 0 aromatic rings. The van der Waals surface area contributed by atoms with Crippen LogP contribution in [-0.2, 0) is 9.59 Å². The third kappa shape index (κ3) is 3.61. The largest absolute Gasteiger partial charge is 0.481 e. The number of likely N-dealkylation sites (tertiary alicyclic amines) is 1. The Kier molecular flexibility index (Phi) is 4.94. The lowest BCUT2D eigenvalue weighted by molar-refractivity contribution is -0.143. The summed E-state index contributed by atoms with van der Waals surface area (Å²) in [5.41, 5.74) is 5.07. The summed E-state index contributed by atoms with van der Waals surface area (Å²) in [4.78, 5) is 36.6. The van der Waals surface area contributed by atoms with Crippen molar-refractivity contribution in [2.45, 2.75) is 19.8 Å². The van der Waals surface area contributed by atoms with Gasteiger partial charge in [-0.2, -0.15) is 0 Å². The second-order valence-corrected chi connectivity index (χ2v) is 4.39. The van der Waals surface area contributed by atoms with Crippen molar-refractivity contribution in [1.29, 1.82) is 0 Å². The molecule has 18 heavy (non-hydrogen) atoms. The number of hydrogen-bond donors (Lipinski definition) is 2. The zero-order valence-electron chi connectivity index (χ0n) is 10.5. The third-order valence-electron chi connectivity index (χ3n) is 3.04. The van der Waals surface area contributed by atoms with Crippen molar-refractivity contribution in [3.8, 4) is 0 Å². The lowest BCUT2D eigenvalue weighted by atomic mass is 9.99. The van der Waals surface area contributed by atoms with Gasteiger partial charge in [0.2, 0.25) is 5.91 Å². The van der Waals surface area contributed by atoms with E-state index < -0.39 is 17.8 Å². The number of carbonyl (C=O) groups excluding carboxylic acids is 2. The van der Waals surface area contributed by atoms with Gasteiger partial charge in [0.1, 0.15) is 6.54 Å². The van der Waals surface area contributed by atoms with Crippen molar-refractivity contribution in [1.82, 2.24) is 9.80 Å². The zero-order valence-corrected chi connectivity index (χ0v) is 10.5. The van der Waals surface area contributed by atoms with Crippen LogP contribution in [0.15, 0.2) is 0 Å². The number of nitrogens with two attached hydrogens (primary N) is 1. The molecule has 0 radical (unpaired) electrons. The van der Waals surface area contributed by atoms with Crippen LogP contribution in [0.1, 0.15) is 19.8 Å². The van der Waals surface area contributed by atoms with Gasteiger partial charge in [0.15, 0.2) is 0 Å². The number of hydrogen-bond acceptors (Lipinski definition) is 3. The molecule has 3 amide bonds. The van der Waals surface area contributed by atoms with Gasteiger partial charge in [-0.25, -0.2) is 4.79 Å². The van der Waals surface area contributed by atoms with E-state index in [0.29, 0.717) is 25.9 Å². The number of carboxylic acids is 1. The predicted molar refractivity (Wildman–Crippen MR) is 63.8 cm³/mol. The quantitative estimate of drug-likeness (QED) is 0.722. The molecule has 1 rings (SSSR count). The van der Waals surface area contributed by atoms with Crippen molar-refractivity contribution < 1.29 is 19.5 Å². The molecule has 1 saturated heterocycles. The normalized spacial score (nSPS) is 19.4. The van der Waals surface area contributed by atoms with Crippen LogP contribution in [-0.4, -0.2) is 59.0 Å². The summed E-state index contributed by atoms with van der Waals surface area (Å²) in [6.07, 6.45) is 1.25. The van der Waals surface area contributed by atoms with Gasteiger partial charge in [-0.1, -0.05) is 0 Å². The van der Waals surface area contributed by atoms with Crippen LogP contribution in [0.25, 0.3) is 0 Å². The van der Waals surface area contributed by atoms with Gasteiger partial charge >= 0.3 is 12.0 Å². The molecule has 0 unspecified atom stereocenters. The topological polar surface area (TPSA) is 104 Å². The van der Waals surface area contributed by atoms with Crippen LogP contribution >= 0.6 is 0 Å². The number of rotatable bonds is 4. The molecular weight excluding hydrogens is 238 g/mol. The molecule has 1 heterocycles. The fourth-order valence-corrected chi connectivity index (χ4v) is 2.06. The molecule has 7 heteroatoms. The molecule has 0 aromatic heterocycles. The van der Waals surface area contributed by atoms with E-state index in [4.69, 9.17) is 10.8 Å². The Morgan fingerprint density at radius 1 is 1.44 bits per heavy atom. The van der Waals surface area contributed by atoms with Crippen LogP contribution in [0.4, 0.5) is 4.79 Å². The molecular formula is C11H19N3O4. The van der Waals surface area contributed by atoms with Crippen LogP contribution < -0.4 is 5.73 Å². The molecule has 0 saturated carbocycles. The Hall–Kier alpha value is -1.79. The van der Waals surface area contributed by atoms with Crippen molar-refractivity contribution >= 4 is 17.9 Å². The summed E-state index contributed by atoms with van der Waals surface area (Å²) in [6.45, 7) is 2.71. The highest BCUT2D eigenvalue weighted by atomic mass is 16.4. The first-order valence-electron chi connectivity index (χ1n) is 6.00. The molecule has 1 fully saturated rings. The van der Waals surface area contributed by atoms with E-state index >= 15 is 0 Å². The fourth-order valence-electron chi connectivity index (χ4n) is 2.06. The minimum absolute atomic E-state index is 0.135. The standard InChI is InChI=1S/C11H19N3O4/c1-2-13(7-9(12)15)11(18)14-5-3-4-8(6-14)10(16)17/h8H,2-7H2,1H3,(H2,12,15)(H,16,17)/t8-/m1/s1. The van der Waals surface area contributed by atoms with Gasteiger partial charge in [0.05, 0.1) is 5.92 Å². The Morgan fingerprint density at radius 3 is 2.61 bits per heavy atom. The number of piperidine rings is 1. The highest BCUT2D eigenvalue weighted by Crippen LogP contribution is 2.17. The molecule has 0 aliphatic carbocycles. The highest BCUT2D eigenvalue weighted by Gasteiger charge is 2.30. The molecule has 0 bridgehead atoms. The highest BCUT2D eigenvalue weighted by molar-refractivity contribution is 5.83. The average Bonchev–Trinajstić information content (AvgIpc) is 2.35. The zero-order chi connectivity index (χ0) is 13.7. The number of nitrogens with zero attached hydrogens (tertiary/aromatic N) is 2. The summed E-state index contributed by atoms with van der Waals surface area (Å²) in [5, 5.41) is 8.95. The van der Waals surface area contributed by atoms with Crippen molar-refractivity contribution in [2.24, 2.45) is 11.7 Å². The minimum atomic E-state index is -0.884. The van der Waals surface area contributed by atoms with Crippen molar-refractivity contribution in [3.05, 3.63) is 0 Å². The maximum atomic E-state index is 12.1. The summed E-state index contributed by atoms with van der Waals surface area (Å²) in [6, 6.07) is -0.317. The van der Waals surface area contributed by atoms with Crippen LogP contribution in [0.3, 0.4) is 0 Å². The minimum Gasteiger partial charge on any atom is -0.481 e. The number of likely N-dealkylation sites (N-methyl/N-ethyl adjacent to an activating group) is 1. The maximum Gasteiger partial charge on any atom is 0.320 e. The maximum absolute atomic E-state index is 12.1. The van der Waals surface area contributed by atoms with Crippen molar-refractivity contribution in [3.63, 3.8) is 0 Å². The number of aliphatic carboxylic acids is 1. The lowest BCUT2D eigenvalue weighted by Crippen LogP contribution is -2.50. The predicted octanol–water partition coefficient (Wildman–Crippen LogP) is -0.290. The van der Waals surface area contributed by atoms with E-state index in [1.807, 2.05) is 0 Å². The number of urea groups is 1. The van der Waals surface area contributed by atoms with Crippen LogP contribution in [0.2, 0.25) is 0 Å². The van der Waals surface area contributed by atoms with Gasteiger partial charge in [-0.05, 0) is 19.8 Å². The number of primary amides is 1. The smallest absolute Gasteiger partial charge is 0.320 e. The van der Waals surface area contributed by atoms with Gasteiger partial charge in [-0.3, -0.25) is 9.59 Å². The second-order valence-electron chi connectivity index (χ2n) is 4.39. The first kappa shape index (κ1) is 14.3. The SMILES string of the molecule is CCN(CC(N)=O)C(=O)N1CCC[C@@H](C(=O)O)C1. The third-order valence-corrected chi connectivity index (χ3v) is 3.04. The average molecular weight is 257 g/mol. The second kappa shape index (κ2) is 6.23. The van der Waals surface area contributed by atoms with E-state index in [0.717, 1.165) is 0 Å². The van der Waals surface area contributed by atoms with Gasteiger partial charge in [0.25, 0.3) is 0 Å². The van der Waals surface area contributed by atoms with Gasteiger partial charge in [0, 0.05) is 19.6 Å². The Bertz CT molecular complexity index is 345. The van der Waals surface area contributed by atoms with E-state index in [9.17, 15) is 14.4 Å². The summed E-state index contributed by atoms with van der Waals surface area (Å²) < 4.78 is 0. The van der Waals surface area contributed by atoms with Crippen LogP contribution in [0, 0.1) is 5.92 Å². The van der Waals surface area contributed by atoms with Gasteiger partial charge in [-0.15, -0.1) is 0 Å². The molecule has 3 N–H and O–H groups in total. The molecule has 7 nitrogen and oxygen atoms in total. The van der Waals surface area contributed by atoms with E-state index in [1.54, 1.807) is 6.92 Å². The van der Waals surface area contributed by atoms with Crippen molar-refractivity contribution in [2.75, 3.05) is 26.2 Å². The summed E-state index contributed by atoms with van der Waals surface area (Å²) >= 11 is 0. The summed E-state index contributed by atoms with van der Waals surface area (Å²) in [7, 11) is 0. The molecule has 1 aliphatic heterocycles. The summed E-state index contributed by atoms with van der Waals surface area (Å²) in [5.74, 6) is -1.97. The van der Waals surface area contributed by atoms with Gasteiger partial charge < -0.3 is 20.6 Å². The lowest BCUT2D eigenvalue weighted by Gasteiger charge is -2.34. The number of carbonyl (C=O) groups is 3. The molecule has 102 valence electrons. The Labute approximate surface area is 106 Å². The van der Waals surface area contributed by atoms with E-state index in [-0.39, 0.29) is 19.1 Å². The van der Waals surface area contributed by atoms with E-state index in [2.05, 4.69) is 0 Å². The number of carboxylic acid groups (broad SMARTS) is 1. The first-order chi connectivity index (χ1) is 8.45. The van der Waals surface area contributed by atoms with Crippen LogP contribution in [0.5, 0.6) is 0 Å². The fraction of sp³-hybridized carbons (Fsp3) is 0.727. The number of amides is 3. The Balaban J connectivity index is 2.64. The molecule has 1 atom stereocenters.